The first-order chi connectivity index (χ1) is 29.1. The highest BCUT2D eigenvalue weighted by Crippen LogP contribution is 2.69. The van der Waals surface area contributed by atoms with Gasteiger partial charge in [0.15, 0.2) is 11.9 Å². The number of benzene rings is 1. The fourth-order valence-corrected chi connectivity index (χ4v) is 10.9. The number of fused-ring (bicyclic) bond motifs is 5. The monoisotopic (exact) mass is 878 g/mol. The normalized spacial score (nSPS) is 31.2. The molecular weight excluding hydrogens is 813 g/mol. The van der Waals surface area contributed by atoms with Crippen LogP contribution in [0.25, 0.3) is 12.2 Å². The number of nitrogens with zero attached hydrogens (tertiary/aromatic N) is 2. The number of nitrogens with two attached hydrogens (primary N) is 4. The number of carboxylic acid groups (broad SMARTS) is 3. The number of aliphatic hydroxyl groups excluding tert-OH is 2. The first-order valence-corrected chi connectivity index (χ1v) is 21.2. The van der Waals surface area contributed by atoms with Gasteiger partial charge in [-0.1, -0.05) is 38.7 Å². The van der Waals surface area contributed by atoms with Crippen LogP contribution in [0.3, 0.4) is 0 Å². The molecular formula is C46H66N6O11. The molecule has 4 aliphatic rings. The summed E-state index contributed by atoms with van der Waals surface area (Å²) in [5.41, 5.74) is 21.8. The number of hydrogen-bond donors (Lipinski definition) is 10. The number of carboxylic acids is 3. The number of guanidine groups is 2. The largest absolute Gasteiger partial charge is 0.481 e. The van der Waals surface area contributed by atoms with E-state index in [0.29, 0.717) is 55.2 Å². The van der Waals surface area contributed by atoms with Gasteiger partial charge in [-0.05, 0) is 147 Å². The maximum atomic E-state index is 12.6. The Morgan fingerprint density at radius 2 is 1.37 bits per heavy atom. The summed E-state index contributed by atoms with van der Waals surface area (Å²) < 4.78 is 0. The third-order valence-electron chi connectivity index (χ3n) is 13.8. The first kappa shape index (κ1) is 51.8. The molecule has 0 unspecified atom stereocenters. The number of carbonyl (C=O) groups excluding carboxylic acids is 2. The van der Waals surface area contributed by atoms with Crippen LogP contribution < -0.4 is 22.9 Å². The van der Waals surface area contributed by atoms with Crippen LogP contribution in [-0.4, -0.2) is 90.1 Å². The molecule has 63 heavy (non-hydrogen) atoms. The van der Waals surface area contributed by atoms with Crippen LogP contribution in [0, 0.1) is 58.2 Å². The Morgan fingerprint density at radius 1 is 0.825 bits per heavy atom. The average Bonchev–Trinajstić information content (AvgIpc) is 3.52. The number of carbonyl (C=O) groups is 5. The van der Waals surface area contributed by atoms with Crippen LogP contribution in [0.5, 0.6) is 0 Å². The quantitative estimate of drug-likeness (QED) is 0.0774. The Kier molecular flexibility index (Phi) is 17.4. The number of rotatable bonds is 8. The number of aliphatic carboxylic acids is 3. The minimum Gasteiger partial charge on any atom is -0.481 e. The van der Waals surface area contributed by atoms with Crippen molar-refractivity contribution in [1.82, 2.24) is 0 Å². The van der Waals surface area contributed by atoms with Crippen LogP contribution in [-0.2, 0) is 24.0 Å². The molecule has 0 bridgehead atoms. The summed E-state index contributed by atoms with van der Waals surface area (Å²) in [4.78, 5) is 61.6. The van der Waals surface area contributed by atoms with E-state index in [0.717, 1.165) is 26.7 Å². The molecule has 0 saturated heterocycles. The highest BCUT2D eigenvalue weighted by Gasteiger charge is 2.66. The van der Waals surface area contributed by atoms with E-state index in [1.54, 1.807) is 44.2 Å². The van der Waals surface area contributed by atoms with E-state index in [9.17, 15) is 34.8 Å². The van der Waals surface area contributed by atoms with E-state index in [-0.39, 0.29) is 75.8 Å². The summed E-state index contributed by atoms with van der Waals surface area (Å²) in [6.07, 6.45) is 7.17. The van der Waals surface area contributed by atoms with Crippen molar-refractivity contribution in [2.24, 2.45) is 79.3 Å². The van der Waals surface area contributed by atoms with Crippen LogP contribution in [0.15, 0.2) is 39.3 Å². The van der Waals surface area contributed by atoms with Crippen molar-refractivity contribution in [3.63, 3.8) is 0 Å². The van der Waals surface area contributed by atoms with E-state index in [1.165, 1.54) is 0 Å². The third kappa shape index (κ3) is 13.0. The van der Waals surface area contributed by atoms with Crippen molar-refractivity contribution in [3.8, 4) is 11.8 Å². The highest BCUT2D eigenvalue weighted by molar-refractivity contribution is 6.05. The molecule has 11 atom stereocenters. The molecule has 0 aromatic heterocycles. The maximum absolute atomic E-state index is 12.6. The summed E-state index contributed by atoms with van der Waals surface area (Å²) in [5, 5.41) is 59.9. The van der Waals surface area contributed by atoms with Crippen LogP contribution in [0.2, 0.25) is 0 Å². The summed E-state index contributed by atoms with van der Waals surface area (Å²) in [7, 11) is 0. The predicted octanol–water partition coefficient (Wildman–Crippen LogP) is 3.46. The topological polar surface area (TPSA) is 336 Å². The number of amides is 2. The molecule has 1 aromatic rings. The van der Waals surface area contributed by atoms with Crippen molar-refractivity contribution in [1.29, 1.82) is 0 Å². The minimum atomic E-state index is -1.31. The van der Waals surface area contributed by atoms with Gasteiger partial charge in [0.2, 0.25) is 0 Å². The highest BCUT2D eigenvalue weighted by atomic mass is 16.4. The molecule has 17 heteroatoms. The van der Waals surface area contributed by atoms with Crippen LogP contribution in [0.1, 0.15) is 123 Å². The van der Waals surface area contributed by atoms with Crippen molar-refractivity contribution in [2.45, 2.75) is 124 Å². The Hall–Kier alpha value is -5.57. The lowest BCUT2D eigenvalue weighted by Gasteiger charge is -2.64. The third-order valence-corrected chi connectivity index (χ3v) is 13.8. The van der Waals surface area contributed by atoms with Crippen LogP contribution >= 0.6 is 0 Å². The van der Waals surface area contributed by atoms with Gasteiger partial charge >= 0.3 is 5.97 Å². The smallest absolute Gasteiger partial charge is 0.303 e. The lowest BCUT2D eigenvalue weighted by Crippen LogP contribution is -2.63. The van der Waals surface area contributed by atoms with Crippen molar-refractivity contribution >= 4 is 53.8 Å². The van der Waals surface area contributed by atoms with E-state index >= 15 is 0 Å². The zero-order valence-electron chi connectivity index (χ0n) is 37.3. The first-order valence-electron chi connectivity index (χ1n) is 21.2. The molecule has 14 N–H and O–H groups in total. The van der Waals surface area contributed by atoms with Gasteiger partial charge in [0.25, 0.3) is 23.8 Å². The van der Waals surface area contributed by atoms with Gasteiger partial charge in [0.05, 0.1) is 12.2 Å². The standard InChI is InChI=1S/C42H58N6O7.2C2H4O2/c1-22(6-11-34(51)52)29-9-10-30-35-31(20-33(50)41(29,30)5)40(4)14-15-42(55,21-28(40)19-32(35)49)13-12-25-7-8-26(16-23(2)36(53)47-38(43)44)27(18-25)17-24(3)37(54)48-39(45)46;2*1-2(3)4/h7-8,16-18,22,28-33,35,49-50,55H,6,9-11,14-15,19-21H2,1-5H3,(H,51,52)(H4,43,44,47,53)(H4,45,46,48,54);2*1H3,(H,3,4)/b23-16+,24-17+;;/t22-,28-,29-,30+,31+,32-,33+,35+,40+,41-,42-;;/m1../s1. The fourth-order valence-electron chi connectivity index (χ4n) is 10.9. The summed E-state index contributed by atoms with van der Waals surface area (Å²) in [5.74, 6) is 2.41. The molecule has 5 rings (SSSR count). The molecule has 1 aromatic carbocycles. The number of aliphatic imine (C=N–C) groups is 2. The minimum absolute atomic E-state index is 0.0130. The molecule has 4 saturated carbocycles. The molecule has 0 aliphatic heterocycles. The zero-order valence-corrected chi connectivity index (χ0v) is 37.3. The van der Waals surface area contributed by atoms with Crippen molar-refractivity contribution in [3.05, 3.63) is 46.0 Å². The summed E-state index contributed by atoms with van der Waals surface area (Å²) in [6, 6.07) is 5.24. The molecule has 2 amide bonds. The van der Waals surface area contributed by atoms with Gasteiger partial charge in [0, 0.05) is 37.0 Å². The fraction of sp³-hybridized carbons (Fsp3) is 0.587. The SMILES string of the molecule is C/C(=C\c1ccc(C#C[C@@]2(O)CC[C@@]3(C)[C@H](C[C@@H](O)[C@@H]4[C@@H]3C[C@H](O)[C@]3(C)[C@@H]([C@H](C)CCC(=O)O)CC[C@@H]43)C2)cc1/C=C(\C)C(=O)N=C(N)N)C(=O)N=C(N)N.CC(=O)O.CC(=O)O. The predicted molar refractivity (Wildman–Crippen MR) is 238 cm³/mol. The van der Waals surface area contributed by atoms with Gasteiger partial charge < -0.3 is 53.6 Å². The Bertz CT molecular complexity index is 2080. The van der Waals surface area contributed by atoms with E-state index in [1.807, 2.05) is 0 Å². The average molecular weight is 879 g/mol. The molecule has 0 radical (unpaired) electrons. The molecule has 346 valence electrons. The molecule has 0 heterocycles. The second-order valence-electron chi connectivity index (χ2n) is 18.2. The molecule has 17 nitrogen and oxygen atoms in total. The molecule has 4 fully saturated rings. The molecule has 0 spiro atoms. The number of aliphatic hydroxyl groups is 3. The second kappa shape index (κ2) is 21.2. The van der Waals surface area contributed by atoms with Gasteiger partial charge in [-0.2, -0.15) is 9.98 Å². The summed E-state index contributed by atoms with van der Waals surface area (Å²) in [6.45, 7) is 11.8. The zero-order chi connectivity index (χ0) is 47.8. The Labute approximate surface area is 368 Å². The van der Waals surface area contributed by atoms with Crippen LogP contribution in [0.4, 0.5) is 0 Å². The Balaban J connectivity index is 0.00000121. The van der Waals surface area contributed by atoms with E-state index < -0.39 is 47.5 Å². The van der Waals surface area contributed by atoms with Gasteiger partial charge in [-0.15, -0.1) is 0 Å². The van der Waals surface area contributed by atoms with Gasteiger partial charge in [-0.25, -0.2) is 0 Å². The Morgan fingerprint density at radius 3 is 1.89 bits per heavy atom. The lowest BCUT2D eigenvalue weighted by atomic mass is 9.42. The lowest BCUT2D eigenvalue weighted by molar-refractivity contribution is -0.211. The summed E-state index contributed by atoms with van der Waals surface area (Å²) >= 11 is 0. The van der Waals surface area contributed by atoms with E-state index in [2.05, 4.69) is 42.6 Å². The second-order valence-corrected chi connectivity index (χ2v) is 18.2. The van der Waals surface area contributed by atoms with Gasteiger partial charge in [0.1, 0.15) is 5.60 Å². The molecule has 4 aliphatic carbocycles. The van der Waals surface area contributed by atoms with Crippen molar-refractivity contribution < 1.29 is 54.6 Å². The van der Waals surface area contributed by atoms with E-state index in [4.69, 9.17) is 42.7 Å². The maximum Gasteiger partial charge on any atom is 0.303 e. The number of hydrogen-bond acceptors (Lipinski definition) is 8. The van der Waals surface area contributed by atoms with Gasteiger partial charge in [-0.3, -0.25) is 24.0 Å². The van der Waals surface area contributed by atoms with Crippen molar-refractivity contribution in [2.75, 3.05) is 0 Å².